The van der Waals surface area contributed by atoms with Crippen molar-refractivity contribution in [2.75, 3.05) is 45.2 Å². The number of benzene rings is 1. The Hall–Kier alpha value is -1.79. The molecule has 7 heteroatoms. The minimum Gasteiger partial charge on any atom is -0.495 e. The molecule has 1 aromatic carbocycles. The van der Waals surface area contributed by atoms with E-state index in [0.717, 1.165) is 19.6 Å². The monoisotopic (exact) mass is 365 g/mol. The summed E-state index contributed by atoms with van der Waals surface area (Å²) in [6, 6.07) is 5.06. The Balaban J connectivity index is 1.65. The number of carbonyl (C=O) groups excluding carboxylic acids is 2. The van der Waals surface area contributed by atoms with E-state index in [1.165, 1.54) is 7.11 Å². The van der Waals surface area contributed by atoms with Gasteiger partial charge < -0.3 is 19.9 Å². The van der Waals surface area contributed by atoms with Crippen LogP contribution in [0.1, 0.15) is 19.8 Å². The van der Waals surface area contributed by atoms with Crippen LogP contribution < -0.4 is 10.1 Å². The fourth-order valence-electron chi connectivity index (χ4n) is 3.23. The first-order valence-corrected chi connectivity index (χ1v) is 9.04. The third kappa shape index (κ3) is 3.60. The highest BCUT2D eigenvalue weighted by atomic mass is 35.5. The van der Waals surface area contributed by atoms with E-state index < -0.39 is 5.41 Å². The SMILES string of the molecule is CCN1CCN(C(=O)C2(C(=O)Nc3ccc(OC)c(Cl)c3)CC2)CC1. The summed E-state index contributed by atoms with van der Waals surface area (Å²) in [5.41, 5.74) is -0.327. The Kier molecular flexibility index (Phi) is 5.20. The lowest BCUT2D eigenvalue weighted by molar-refractivity contribution is -0.143. The van der Waals surface area contributed by atoms with Gasteiger partial charge in [0.05, 0.1) is 12.1 Å². The summed E-state index contributed by atoms with van der Waals surface area (Å²) in [6.45, 7) is 6.23. The van der Waals surface area contributed by atoms with E-state index in [-0.39, 0.29) is 11.8 Å². The smallest absolute Gasteiger partial charge is 0.240 e. The highest BCUT2D eigenvalue weighted by Gasteiger charge is 2.58. The molecule has 2 aliphatic rings. The number of hydrogen-bond acceptors (Lipinski definition) is 4. The van der Waals surface area contributed by atoms with Gasteiger partial charge >= 0.3 is 0 Å². The highest BCUT2D eigenvalue weighted by molar-refractivity contribution is 6.32. The molecule has 1 aromatic rings. The second-order valence-electron chi connectivity index (χ2n) is 6.61. The molecule has 136 valence electrons. The van der Waals surface area contributed by atoms with E-state index in [2.05, 4.69) is 17.1 Å². The molecule has 2 amide bonds. The first kappa shape index (κ1) is 18.0. The average Bonchev–Trinajstić information content (AvgIpc) is 3.43. The average molecular weight is 366 g/mol. The van der Waals surface area contributed by atoms with Crippen LogP contribution in [-0.4, -0.2) is 61.4 Å². The second kappa shape index (κ2) is 7.22. The number of methoxy groups -OCH3 is 1. The Bertz CT molecular complexity index is 668. The summed E-state index contributed by atoms with van der Waals surface area (Å²) in [6.07, 6.45) is 1.21. The minimum atomic E-state index is -0.902. The van der Waals surface area contributed by atoms with Crippen molar-refractivity contribution in [2.45, 2.75) is 19.8 Å². The van der Waals surface area contributed by atoms with E-state index in [9.17, 15) is 9.59 Å². The summed E-state index contributed by atoms with van der Waals surface area (Å²) in [7, 11) is 1.54. The maximum absolute atomic E-state index is 12.9. The molecule has 2 fully saturated rings. The van der Waals surface area contributed by atoms with E-state index in [0.29, 0.717) is 42.4 Å². The summed E-state index contributed by atoms with van der Waals surface area (Å²) >= 11 is 6.10. The van der Waals surface area contributed by atoms with Crippen molar-refractivity contribution in [3.8, 4) is 5.75 Å². The lowest BCUT2D eigenvalue weighted by Crippen LogP contribution is -2.52. The van der Waals surface area contributed by atoms with Crippen molar-refractivity contribution in [1.29, 1.82) is 0 Å². The molecule has 25 heavy (non-hydrogen) atoms. The second-order valence-corrected chi connectivity index (χ2v) is 7.02. The van der Waals surface area contributed by atoms with E-state index in [1.807, 2.05) is 4.90 Å². The van der Waals surface area contributed by atoms with Crippen molar-refractivity contribution < 1.29 is 14.3 Å². The summed E-state index contributed by atoms with van der Waals surface area (Å²) in [4.78, 5) is 29.7. The number of hydrogen-bond donors (Lipinski definition) is 1. The van der Waals surface area contributed by atoms with E-state index in [4.69, 9.17) is 16.3 Å². The van der Waals surface area contributed by atoms with Crippen LogP contribution in [0.25, 0.3) is 0 Å². The number of likely N-dealkylation sites (N-methyl/N-ethyl adjacent to an activating group) is 1. The fourth-order valence-corrected chi connectivity index (χ4v) is 3.49. The number of rotatable bonds is 5. The fraction of sp³-hybridized carbons (Fsp3) is 0.556. The van der Waals surface area contributed by atoms with Crippen LogP contribution in [0.3, 0.4) is 0 Å². The molecule has 0 aromatic heterocycles. The van der Waals surface area contributed by atoms with Crippen LogP contribution in [0.2, 0.25) is 5.02 Å². The summed E-state index contributed by atoms with van der Waals surface area (Å²) < 4.78 is 5.11. The minimum absolute atomic E-state index is 0.0413. The van der Waals surface area contributed by atoms with E-state index >= 15 is 0 Å². The summed E-state index contributed by atoms with van der Waals surface area (Å²) in [5, 5.41) is 3.26. The maximum atomic E-state index is 12.9. The van der Waals surface area contributed by atoms with Crippen molar-refractivity contribution in [3.05, 3.63) is 23.2 Å². The van der Waals surface area contributed by atoms with Gasteiger partial charge in [0.15, 0.2) is 0 Å². The molecule has 0 bridgehead atoms. The number of piperazine rings is 1. The molecule has 1 N–H and O–H groups in total. The van der Waals surface area contributed by atoms with Crippen molar-refractivity contribution in [1.82, 2.24) is 9.80 Å². The van der Waals surface area contributed by atoms with Gasteiger partial charge in [-0.1, -0.05) is 18.5 Å². The topological polar surface area (TPSA) is 61.9 Å². The molecule has 0 radical (unpaired) electrons. The standard InChI is InChI=1S/C18H24ClN3O3/c1-3-21-8-10-22(11-9-21)17(24)18(6-7-18)16(23)20-13-4-5-15(25-2)14(19)12-13/h4-5,12H,3,6-11H2,1-2H3,(H,20,23). The third-order valence-corrected chi connectivity index (χ3v) is 5.41. The molecule has 6 nitrogen and oxygen atoms in total. The predicted octanol–water partition coefficient (Wildman–Crippen LogP) is 2.23. The third-order valence-electron chi connectivity index (χ3n) is 5.11. The number of anilines is 1. The normalized spacial score (nSPS) is 19.4. The molecule has 0 unspecified atom stereocenters. The Morgan fingerprint density at radius 3 is 2.44 bits per heavy atom. The lowest BCUT2D eigenvalue weighted by Gasteiger charge is -2.35. The largest absolute Gasteiger partial charge is 0.495 e. The zero-order valence-corrected chi connectivity index (χ0v) is 15.4. The van der Waals surface area contributed by atoms with Gasteiger partial charge in [-0.2, -0.15) is 0 Å². The van der Waals surface area contributed by atoms with Crippen molar-refractivity contribution in [2.24, 2.45) is 5.41 Å². The van der Waals surface area contributed by atoms with Gasteiger partial charge in [-0.3, -0.25) is 9.59 Å². The van der Waals surface area contributed by atoms with Crippen LogP contribution in [0, 0.1) is 5.41 Å². The molecule has 1 saturated heterocycles. The lowest BCUT2D eigenvalue weighted by atomic mass is 10.0. The van der Waals surface area contributed by atoms with Gasteiger partial charge in [-0.05, 0) is 37.6 Å². The number of nitrogens with zero attached hydrogens (tertiary/aromatic N) is 2. The molecule has 1 saturated carbocycles. The van der Waals surface area contributed by atoms with Crippen LogP contribution in [-0.2, 0) is 9.59 Å². The Morgan fingerprint density at radius 2 is 1.92 bits per heavy atom. The quantitative estimate of drug-likeness (QED) is 0.813. The number of amides is 2. The van der Waals surface area contributed by atoms with Crippen LogP contribution in [0.4, 0.5) is 5.69 Å². The molecular weight excluding hydrogens is 342 g/mol. The molecule has 3 rings (SSSR count). The molecule has 1 aliphatic heterocycles. The highest BCUT2D eigenvalue weighted by Crippen LogP contribution is 2.48. The van der Waals surface area contributed by atoms with Gasteiger partial charge in [0, 0.05) is 31.9 Å². The zero-order valence-electron chi connectivity index (χ0n) is 14.7. The Morgan fingerprint density at radius 1 is 1.24 bits per heavy atom. The van der Waals surface area contributed by atoms with Crippen LogP contribution >= 0.6 is 11.6 Å². The zero-order chi connectivity index (χ0) is 18.0. The number of ether oxygens (including phenoxy) is 1. The van der Waals surface area contributed by atoms with Crippen molar-refractivity contribution >= 4 is 29.1 Å². The van der Waals surface area contributed by atoms with E-state index in [1.54, 1.807) is 18.2 Å². The summed E-state index contributed by atoms with van der Waals surface area (Å²) in [5.74, 6) is 0.266. The molecular formula is C18H24ClN3O3. The molecule has 0 atom stereocenters. The Labute approximate surface area is 153 Å². The molecule has 1 aliphatic carbocycles. The number of carbonyl (C=O) groups is 2. The predicted molar refractivity (Wildman–Crippen MR) is 97.0 cm³/mol. The van der Waals surface area contributed by atoms with Gasteiger partial charge in [-0.15, -0.1) is 0 Å². The molecule has 1 heterocycles. The van der Waals surface area contributed by atoms with Gasteiger partial charge in [0.25, 0.3) is 0 Å². The number of halogens is 1. The van der Waals surface area contributed by atoms with Crippen molar-refractivity contribution in [3.63, 3.8) is 0 Å². The first-order valence-electron chi connectivity index (χ1n) is 8.67. The number of nitrogens with one attached hydrogen (secondary N) is 1. The van der Waals surface area contributed by atoms with Crippen LogP contribution in [0.15, 0.2) is 18.2 Å². The van der Waals surface area contributed by atoms with Gasteiger partial charge in [-0.25, -0.2) is 0 Å². The molecule has 0 spiro atoms. The van der Waals surface area contributed by atoms with Gasteiger partial charge in [0.1, 0.15) is 11.2 Å². The van der Waals surface area contributed by atoms with Gasteiger partial charge in [0.2, 0.25) is 11.8 Å². The van der Waals surface area contributed by atoms with Crippen LogP contribution in [0.5, 0.6) is 5.75 Å². The first-order chi connectivity index (χ1) is 12.0. The maximum Gasteiger partial charge on any atom is 0.240 e.